The Morgan fingerprint density at radius 2 is 1.74 bits per heavy atom. The molecule has 1 saturated carbocycles. The number of rotatable bonds is 3. The minimum atomic E-state index is -0.760. The van der Waals surface area contributed by atoms with Gasteiger partial charge in [0, 0.05) is 18.2 Å². The molecule has 0 atom stereocenters. The van der Waals surface area contributed by atoms with Crippen LogP contribution in [0.3, 0.4) is 0 Å². The zero-order valence-corrected chi connectivity index (χ0v) is 11.1. The fourth-order valence-corrected chi connectivity index (χ4v) is 2.57. The number of benzene rings is 1. The maximum atomic E-state index is 13.6. The molecular weight excluding hydrogens is 250 g/mol. The molecule has 1 aromatic carbocycles. The first kappa shape index (κ1) is 13.8. The van der Waals surface area contributed by atoms with E-state index in [1.807, 2.05) is 6.92 Å². The lowest BCUT2D eigenvalue weighted by Crippen LogP contribution is -2.43. The number of nitrogens with one attached hydrogen (secondary N) is 2. The summed E-state index contributed by atoms with van der Waals surface area (Å²) in [4.78, 5) is 12.0. The first-order valence-electron chi connectivity index (χ1n) is 6.44. The Kier molecular flexibility index (Phi) is 3.73. The molecule has 0 aromatic heterocycles. The number of amides is 1. The first-order chi connectivity index (χ1) is 8.95. The molecule has 1 amide bonds. The van der Waals surface area contributed by atoms with E-state index in [1.165, 1.54) is 7.05 Å². The second-order valence-corrected chi connectivity index (χ2v) is 5.29. The smallest absolute Gasteiger partial charge is 0.251 e. The van der Waals surface area contributed by atoms with Gasteiger partial charge in [-0.25, -0.2) is 8.78 Å². The van der Waals surface area contributed by atoms with Crippen LogP contribution in [0.15, 0.2) is 12.1 Å². The molecule has 104 valence electrons. The topological polar surface area (TPSA) is 41.1 Å². The third kappa shape index (κ3) is 2.85. The van der Waals surface area contributed by atoms with Gasteiger partial charge >= 0.3 is 0 Å². The Hall–Kier alpha value is -1.65. The molecule has 19 heavy (non-hydrogen) atoms. The van der Waals surface area contributed by atoms with Crippen molar-refractivity contribution < 1.29 is 13.6 Å². The summed E-state index contributed by atoms with van der Waals surface area (Å²) in [5, 5.41) is 5.30. The third-order valence-electron chi connectivity index (χ3n) is 3.68. The standard InChI is InChI=1S/C14H18F2N2O/c1-14(5-3-4-6-14)18-13(19)9-7-10(15)12(17-2)11(16)8-9/h7-8,17H,3-6H2,1-2H3,(H,18,19). The Morgan fingerprint density at radius 3 is 2.21 bits per heavy atom. The number of hydrogen-bond acceptors (Lipinski definition) is 2. The van der Waals surface area contributed by atoms with Gasteiger partial charge in [-0.3, -0.25) is 4.79 Å². The number of hydrogen-bond donors (Lipinski definition) is 2. The lowest BCUT2D eigenvalue weighted by Gasteiger charge is -2.25. The van der Waals surface area contributed by atoms with Gasteiger partial charge in [0.05, 0.1) is 0 Å². The molecule has 3 nitrogen and oxygen atoms in total. The highest BCUT2D eigenvalue weighted by molar-refractivity contribution is 5.95. The highest BCUT2D eigenvalue weighted by atomic mass is 19.1. The highest BCUT2D eigenvalue weighted by Crippen LogP contribution is 2.29. The maximum absolute atomic E-state index is 13.6. The van der Waals surface area contributed by atoms with E-state index in [4.69, 9.17) is 0 Å². The van der Waals surface area contributed by atoms with Crippen LogP contribution in [0.2, 0.25) is 0 Å². The van der Waals surface area contributed by atoms with E-state index in [-0.39, 0.29) is 16.8 Å². The van der Waals surface area contributed by atoms with Crippen molar-refractivity contribution in [2.24, 2.45) is 0 Å². The van der Waals surface area contributed by atoms with Gasteiger partial charge < -0.3 is 10.6 Å². The normalized spacial score (nSPS) is 17.3. The van der Waals surface area contributed by atoms with Crippen molar-refractivity contribution in [2.45, 2.75) is 38.1 Å². The zero-order chi connectivity index (χ0) is 14.0. The molecule has 0 saturated heterocycles. The van der Waals surface area contributed by atoms with Crippen molar-refractivity contribution in [3.05, 3.63) is 29.3 Å². The van der Waals surface area contributed by atoms with E-state index in [0.717, 1.165) is 37.8 Å². The van der Waals surface area contributed by atoms with Crippen molar-refractivity contribution in [3.63, 3.8) is 0 Å². The average molecular weight is 268 g/mol. The minimum absolute atomic E-state index is 0.0159. The summed E-state index contributed by atoms with van der Waals surface area (Å²) in [6.07, 6.45) is 3.94. The molecule has 5 heteroatoms. The molecule has 0 aliphatic heterocycles. The van der Waals surface area contributed by atoms with E-state index >= 15 is 0 Å². The quantitative estimate of drug-likeness (QED) is 0.884. The van der Waals surface area contributed by atoms with Crippen LogP contribution in [0.25, 0.3) is 0 Å². The molecule has 2 rings (SSSR count). The lowest BCUT2D eigenvalue weighted by atomic mass is 10.00. The van der Waals surface area contributed by atoms with Crippen molar-refractivity contribution in [1.82, 2.24) is 5.32 Å². The predicted molar refractivity (Wildman–Crippen MR) is 70.2 cm³/mol. The van der Waals surface area contributed by atoms with Crippen molar-refractivity contribution in [1.29, 1.82) is 0 Å². The second kappa shape index (κ2) is 5.15. The largest absolute Gasteiger partial charge is 0.383 e. The number of carbonyl (C=O) groups is 1. The van der Waals surface area contributed by atoms with E-state index in [0.29, 0.717) is 0 Å². The second-order valence-electron chi connectivity index (χ2n) is 5.29. The van der Waals surface area contributed by atoms with Crippen LogP contribution in [0.1, 0.15) is 43.0 Å². The molecule has 0 spiro atoms. The van der Waals surface area contributed by atoms with E-state index in [2.05, 4.69) is 10.6 Å². The Morgan fingerprint density at radius 1 is 1.21 bits per heavy atom. The fraction of sp³-hybridized carbons (Fsp3) is 0.500. The van der Waals surface area contributed by atoms with E-state index < -0.39 is 17.5 Å². The first-order valence-corrected chi connectivity index (χ1v) is 6.44. The van der Waals surface area contributed by atoms with Crippen LogP contribution in [-0.2, 0) is 0 Å². The van der Waals surface area contributed by atoms with Gasteiger partial charge in [0.15, 0.2) is 0 Å². The molecule has 2 N–H and O–H groups in total. The molecule has 1 aliphatic carbocycles. The van der Waals surface area contributed by atoms with Crippen LogP contribution in [-0.4, -0.2) is 18.5 Å². The van der Waals surface area contributed by atoms with Crippen molar-refractivity contribution in [3.8, 4) is 0 Å². The van der Waals surface area contributed by atoms with Gasteiger partial charge in [0.2, 0.25) is 0 Å². The molecule has 0 bridgehead atoms. The number of halogens is 2. The van der Waals surface area contributed by atoms with Gasteiger partial charge in [-0.05, 0) is 31.9 Å². The van der Waals surface area contributed by atoms with Crippen molar-refractivity contribution >= 4 is 11.6 Å². The summed E-state index contributed by atoms with van der Waals surface area (Å²) in [5.74, 6) is -1.95. The molecule has 1 aliphatic rings. The summed E-state index contributed by atoms with van der Waals surface area (Å²) in [7, 11) is 1.43. The third-order valence-corrected chi connectivity index (χ3v) is 3.68. The lowest BCUT2D eigenvalue weighted by molar-refractivity contribution is 0.0907. The van der Waals surface area contributed by atoms with Crippen LogP contribution in [0, 0.1) is 11.6 Å². The molecule has 0 unspecified atom stereocenters. The molecule has 1 aromatic rings. The maximum Gasteiger partial charge on any atom is 0.251 e. The van der Waals surface area contributed by atoms with Gasteiger partial charge in [0.25, 0.3) is 5.91 Å². The van der Waals surface area contributed by atoms with Gasteiger partial charge in [-0.15, -0.1) is 0 Å². The van der Waals surface area contributed by atoms with Crippen molar-refractivity contribution in [2.75, 3.05) is 12.4 Å². The predicted octanol–water partition coefficient (Wildman–Crippen LogP) is 3.07. The molecule has 0 radical (unpaired) electrons. The van der Waals surface area contributed by atoms with Crippen LogP contribution < -0.4 is 10.6 Å². The number of carbonyl (C=O) groups excluding carboxylic acids is 1. The number of anilines is 1. The summed E-state index contributed by atoms with van der Waals surface area (Å²) in [5.41, 5.74) is -0.461. The summed E-state index contributed by atoms with van der Waals surface area (Å²) < 4.78 is 27.2. The highest BCUT2D eigenvalue weighted by Gasteiger charge is 2.30. The SMILES string of the molecule is CNc1c(F)cc(C(=O)NC2(C)CCCC2)cc1F. The minimum Gasteiger partial charge on any atom is -0.383 e. The summed E-state index contributed by atoms with van der Waals surface area (Å²) in [6.45, 7) is 1.96. The molecule has 0 heterocycles. The van der Waals surface area contributed by atoms with E-state index in [1.54, 1.807) is 0 Å². The average Bonchev–Trinajstić information content (AvgIpc) is 2.75. The monoisotopic (exact) mass is 268 g/mol. The Bertz CT molecular complexity index is 473. The summed E-state index contributed by atoms with van der Waals surface area (Å²) in [6, 6.07) is 2.12. The Balaban J connectivity index is 2.20. The fourth-order valence-electron chi connectivity index (χ4n) is 2.57. The molecular formula is C14H18F2N2O. The van der Waals surface area contributed by atoms with Crippen LogP contribution in [0.5, 0.6) is 0 Å². The van der Waals surface area contributed by atoms with Gasteiger partial charge in [0.1, 0.15) is 17.3 Å². The zero-order valence-electron chi connectivity index (χ0n) is 11.1. The van der Waals surface area contributed by atoms with Crippen LogP contribution >= 0.6 is 0 Å². The van der Waals surface area contributed by atoms with Gasteiger partial charge in [-0.1, -0.05) is 12.8 Å². The summed E-state index contributed by atoms with van der Waals surface area (Å²) >= 11 is 0. The van der Waals surface area contributed by atoms with Gasteiger partial charge in [-0.2, -0.15) is 0 Å². The molecule has 1 fully saturated rings. The van der Waals surface area contributed by atoms with Crippen LogP contribution in [0.4, 0.5) is 14.5 Å². The van der Waals surface area contributed by atoms with E-state index in [9.17, 15) is 13.6 Å². The Labute approximate surface area is 111 Å².